The normalized spacial score (nSPS) is 9.54. The van der Waals surface area contributed by atoms with Gasteiger partial charge >= 0.3 is 12.1 Å². The van der Waals surface area contributed by atoms with Crippen LogP contribution in [0.1, 0.15) is 18.1 Å². The summed E-state index contributed by atoms with van der Waals surface area (Å²) in [4.78, 5) is 27.7. The van der Waals surface area contributed by atoms with Crippen LogP contribution >= 0.6 is 0 Å². The molecule has 132 valence electrons. The van der Waals surface area contributed by atoms with Gasteiger partial charge in [0.15, 0.2) is 0 Å². The van der Waals surface area contributed by atoms with Gasteiger partial charge in [0, 0.05) is 16.7 Å². The molecule has 26 heavy (non-hydrogen) atoms. The standard InChI is InChI=1S/C20H18O3.CO2/c1-16(20(21)22-2)15-18-12-6-7-13-19(18)23-14-8-11-17-9-4-3-5-10-17;2-1-3/h3-7,9-10,12-13,15H,14H2,1-2H3;/b16-15+;. The number of carbonyl (C=O) groups excluding carboxylic acids is 3. The van der Waals surface area contributed by atoms with E-state index in [4.69, 9.17) is 19.1 Å². The van der Waals surface area contributed by atoms with E-state index in [1.807, 2.05) is 54.6 Å². The second kappa shape index (κ2) is 11.9. The molecule has 0 N–H and O–H groups in total. The monoisotopic (exact) mass is 350 g/mol. The average Bonchev–Trinajstić information content (AvgIpc) is 2.67. The minimum Gasteiger partial charge on any atom is -0.480 e. The van der Waals surface area contributed by atoms with Crippen LogP contribution in [0, 0.1) is 11.8 Å². The van der Waals surface area contributed by atoms with Crippen molar-refractivity contribution in [1.29, 1.82) is 0 Å². The van der Waals surface area contributed by atoms with Gasteiger partial charge in [0.1, 0.15) is 12.4 Å². The van der Waals surface area contributed by atoms with Crippen molar-refractivity contribution in [3.05, 3.63) is 71.3 Å². The zero-order chi connectivity index (χ0) is 19.2. The lowest BCUT2D eigenvalue weighted by molar-refractivity contribution is -0.191. The molecule has 0 unspecified atom stereocenters. The lowest BCUT2D eigenvalue weighted by Gasteiger charge is -2.07. The van der Waals surface area contributed by atoms with Crippen molar-refractivity contribution in [2.45, 2.75) is 6.92 Å². The Kier molecular flexibility index (Phi) is 9.32. The highest BCUT2D eigenvalue weighted by Gasteiger charge is 2.06. The van der Waals surface area contributed by atoms with Crippen molar-refractivity contribution in [2.24, 2.45) is 0 Å². The Bertz CT molecular complexity index is 835. The van der Waals surface area contributed by atoms with Crippen LogP contribution in [0.15, 0.2) is 60.2 Å². The molecule has 0 aliphatic heterocycles. The number of para-hydroxylation sites is 1. The first-order chi connectivity index (χ1) is 12.6. The third-order valence-corrected chi connectivity index (χ3v) is 3.10. The highest BCUT2D eigenvalue weighted by atomic mass is 16.5. The number of hydrogen-bond donors (Lipinski definition) is 0. The fourth-order valence-corrected chi connectivity index (χ4v) is 1.96. The first-order valence-electron chi connectivity index (χ1n) is 7.64. The Morgan fingerprint density at radius 1 is 1.04 bits per heavy atom. The summed E-state index contributed by atoms with van der Waals surface area (Å²) in [6.45, 7) is 1.98. The average molecular weight is 350 g/mol. The number of benzene rings is 2. The third-order valence-electron chi connectivity index (χ3n) is 3.10. The highest BCUT2D eigenvalue weighted by Crippen LogP contribution is 2.21. The summed E-state index contributed by atoms with van der Waals surface area (Å²) < 4.78 is 10.4. The molecule has 0 saturated heterocycles. The molecule has 0 aliphatic carbocycles. The second-order valence-corrected chi connectivity index (χ2v) is 4.90. The molecule has 0 atom stereocenters. The summed E-state index contributed by atoms with van der Waals surface area (Å²) in [6, 6.07) is 17.2. The Hall–Kier alpha value is -3.61. The molecule has 2 rings (SSSR count). The van der Waals surface area contributed by atoms with Crippen molar-refractivity contribution in [3.8, 4) is 17.6 Å². The molecular weight excluding hydrogens is 332 g/mol. The first-order valence-corrected chi connectivity index (χ1v) is 7.64. The first kappa shape index (κ1) is 20.4. The van der Waals surface area contributed by atoms with Gasteiger partial charge in [-0.1, -0.05) is 48.2 Å². The maximum atomic E-state index is 11.5. The van der Waals surface area contributed by atoms with Crippen molar-refractivity contribution < 1.29 is 23.9 Å². The van der Waals surface area contributed by atoms with Crippen LogP contribution in [0.3, 0.4) is 0 Å². The molecule has 0 aliphatic rings. The van der Waals surface area contributed by atoms with Gasteiger partial charge in [0.2, 0.25) is 0 Å². The van der Waals surface area contributed by atoms with E-state index in [2.05, 4.69) is 11.8 Å². The smallest absolute Gasteiger partial charge is 0.373 e. The number of rotatable bonds is 4. The summed E-state index contributed by atoms with van der Waals surface area (Å²) in [7, 11) is 1.36. The fourth-order valence-electron chi connectivity index (χ4n) is 1.96. The van der Waals surface area contributed by atoms with Gasteiger partial charge in [0.25, 0.3) is 0 Å². The summed E-state index contributed by atoms with van der Waals surface area (Å²) in [5.41, 5.74) is 2.28. The number of hydrogen-bond acceptors (Lipinski definition) is 5. The van der Waals surface area contributed by atoms with E-state index in [1.54, 1.807) is 13.0 Å². The predicted octanol–water partition coefficient (Wildman–Crippen LogP) is 3.11. The molecule has 5 heteroatoms. The molecule has 2 aromatic rings. The van der Waals surface area contributed by atoms with Gasteiger partial charge in [-0.25, -0.2) is 4.79 Å². The zero-order valence-electron chi connectivity index (χ0n) is 14.5. The van der Waals surface area contributed by atoms with Gasteiger partial charge in [-0.15, -0.1) is 0 Å². The number of methoxy groups -OCH3 is 1. The number of esters is 1. The molecule has 5 nitrogen and oxygen atoms in total. The van der Waals surface area contributed by atoms with Crippen molar-refractivity contribution in [2.75, 3.05) is 13.7 Å². The van der Waals surface area contributed by atoms with E-state index in [1.165, 1.54) is 7.11 Å². The van der Waals surface area contributed by atoms with Crippen LogP contribution in [0.2, 0.25) is 0 Å². The molecule has 0 radical (unpaired) electrons. The van der Waals surface area contributed by atoms with Gasteiger partial charge < -0.3 is 9.47 Å². The van der Waals surface area contributed by atoms with E-state index in [9.17, 15) is 4.79 Å². The highest BCUT2D eigenvalue weighted by molar-refractivity contribution is 5.93. The second-order valence-electron chi connectivity index (χ2n) is 4.90. The topological polar surface area (TPSA) is 69.7 Å². The molecule has 2 aromatic carbocycles. The minimum absolute atomic E-state index is 0.250. The Morgan fingerprint density at radius 2 is 1.65 bits per heavy atom. The molecule has 0 aromatic heterocycles. The molecular formula is C21H18O5. The number of carbonyl (C=O) groups is 1. The van der Waals surface area contributed by atoms with Gasteiger partial charge in [0.05, 0.1) is 7.11 Å². The van der Waals surface area contributed by atoms with Crippen LogP contribution < -0.4 is 4.74 Å². The molecule has 0 saturated carbocycles. The molecule has 0 bridgehead atoms. The van der Waals surface area contributed by atoms with E-state index >= 15 is 0 Å². The SMILES string of the molecule is COC(=O)/C(C)=C/c1ccccc1OCC#Cc1ccccc1.O=C=O. The molecule has 0 heterocycles. The summed E-state index contributed by atoms with van der Waals surface area (Å²) in [6.07, 6.45) is 1.99. The van der Waals surface area contributed by atoms with E-state index < -0.39 is 0 Å². The van der Waals surface area contributed by atoms with Crippen LogP contribution in [-0.2, 0) is 19.1 Å². The molecule has 0 amide bonds. The van der Waals surface area contributed by atoms with E-state index in [0.717, 1.165) is 11.1 Å². The number of ether oxygens (including phenoxy) is 2. The minimum atomic E-state index is -0.358. The van der Waals surface area contributed by atoms with Gasteiger partial charge in [-0.2, -0.15) is 9.59 Å². The quantitative estimate of drug-likeness (QED) is 0.481. The summed E-state index contributed by atoms with van der Waals surface area (Å²) in [5, 5.41) is 0. The van der Waals surface area contributed by atoms with Crippen molar-refractivity contribution in [3.63, 3.8) is 0 Å². The molecule has 0 fully saturated rings. The van der Waals surface area contributed by atoms with E-state index in [-0.39, 0.29) is 18.7 Å². The Morgan fingerprint density at radius 3 is 2.31 bits per heavy atom. The van der Waals surface area contributed by atoms with Gasteiger partial charge in [-0.3, -0.25) is 0 Å². The van der Waals surface area contributed by atoms with Crippen LogP contribution in [0.25, 0.3) is 6.08 Å². The van der Waals surface area contributed by atoms with E-state index in [0.29, 0.717) is 11.3 Å². The zero-order valence-corrected chi connectivity index (χ0v) is 14.5. The maximum absolute atomic E-state index is 11.5. The van der Waals surface area contributed by atoms with Crippen LogP contribution in [-0.4, -0.2) is 25.8 Å². The van der Waals surface area contributed by atoms with Gasteiger partial charge in [-0.05, 0) is 31.2 Å². The fraction of sp³-hybridized carbons (Fsp3) is 0.143. The summed E-state index contributed by atoms with van der Waals surface area (Å²) in [5.74, 6) is 6.34. The lowest BCUT2D eigenvalue weighted by atomic mass is 10.1. The van der Waals surface area contributed by atoms with Crippen LogP contribution in [0.4, 0.5) is 0 Å². The third kappa shape index (κ3) is 7.31. The molecule has 0 spiro atoms. The van der Waals surface area contributed by atoms with Crippen molar-refractivity contribution >= 4 is 18.2 Å². The maximum Gasteiger partial charge on any atom is 0.373 e. The van der Waals surface area contributed by atoms with Crippen LogP contribution in [0.5, 0.6) is 5.75 Å². The Balaban J connectivity index is 0.00000105. The Labute approximate surface area is 152 Å². The predicted molar refractivity (Wildman–Crippen MR) is 95.9 cm³/mol. The lowest BCUT2D eigenvalue weighted by Crippen LogP contribution is -2.02. The summed E-state index contributed by atoms with van der Waals surface area (Å²) >= 11 is 0. The largest absolute Gasteiger partial charge is 0.480 e. The van der Waals surface area contributed by atoms with Crippen molar-refractivity contribution in [1.82, 2.24) is 0 Å².